The number of carbonyl (C=O) groups excluding carboxylic acids is 2. The molecule has 1 aliphatic heterocycles. The van der Waals surface area contributed by atoms with E-state index in [0.717, 1.165) is 69.4 Å². The van der Waals surface area contributed by atoms with Crippen molar-refractivity contribution in [3.8, 4) is 17.2 Å². The molecule has 0 bridgehead atoms. The van der Waals surface area contributed by atoms with Gasteiger partial charge in [0, 0.05) is 58.4 Å². The fourth-order valence-corrected chi connectivity index (χ4v) is 6.84. The topological polar surface area (TPSA) is 65.1 Å². The van der Waals surface area contributed by atoms with Gasteiger partial charge in [-0.3, -0.25) is 9.59 Å². The maximum absolute atomic E-state index is 13.5. The predicted octanol–water partition coefficient (Wildman–Crippen LogP) is 8.05. The number of benzene rings is 3. The van der Waals surface area contributed by atoms with E-state index >= 15 is 0 Å². The first kappa shape index (κ1) is 29.2. The summed E-state index contributed by atoms with van der Waals surface area (Å²) in [6.45, 7) is 3.20. The Balaban J connectivity index is 1.31. The van der Waals surface area contributed by atoms with Gasteiger partial charge in [0.2, 0.25) is 0 Å². The highest BCUT2D eigenvalue weighted by atomic mass is 79.9. The zero-order valence-electron chi connectivity index (χ0n) is 24.7. The number of halogens is 1. The van der Waals surface area contributed by atoms with Crippen LogP contribution in [0.2, 0.25) is 0 Å². The van der Waals surface area contributed by atoms with Crippen LogP contribution in [0.25, 0.3) is 0 Å². The van der Waals surface area contributed by atoms with Gasteiger partial charge >= 0.3 is 0 Å². The highest BCUT2D eigenvalue weighted by molar-refractivity contribution is 9.10. The Kier molecular flexibility index (Phi) is 8.70. The van der Waals surface area contributed by atoms with Crippen molar-refractivity contribution in [1.29, 1.82) is 0 Å². The van der Waals surface area contributed by atoms with Crippen molar-refractivity contribution < 1.29 is 23.8 Å². The van der Waals surface area contributed by atoms with Gasteiger partial charge in [-0.15, -0.1) is 0 Å². The molecule has 3 aromatic rings. The SMILES string of the molecule is CCOc1cc(COc2ccc(Br)cc2C2C3=C(CCCC3=O)N(C)C3=C2C(=O)CCC3)ccc1OCc1ccccc1. The molecular formula is C36H36BrNO5. The molecule has 0 spiro atoms. The van der Waals surface area contributed by atoms with Crippen LogP contribution in [-0.4, -0.2) is 30.1 Å². The molecular weight excluding hydrogens is 606 g/mol. The fourth-order valence-electron chi connectivity index (χ4n) is 6.47. The van der Waals surface area contributed by atoms with Gasteiger partial charge in [-0.25, -0.2) is 0 Å². The van der Waals surface area contributed by atoms with E-state index in [1.165, 1.54) is 0 Å². The highest BCUT2D eigenvalue weighted by Crippen LogP contribution is 2.50. The van der Waals surface area contributed by atoms with Crippen molar-refractivity contribution in [1.82, 2.24) is 4.90 Å². The second kappa shape index (κ2) is 12.8. The zero-order valence-corrected chi connectivity index (χ0v) is 26.2. The van der Waals surface area contributed by atoms with Gasteiger partial charge in [0.05, 0.1) is 6.61 Å². The summed E-state index contributed by atoms with van der Waals surface area (Å²) in [4.78, 5) is 29.1. The monoisotopic (exact) mass is 641 g/mol. The number of nitrogens with zero attached hydrogens (tertiary/aromatic N) is 1. The smallest absolute Gasteiger partial charge is 0.161 e. The summed E-state index contributed by atoms with van der Waals surface area (Å²) in [6.07, 6.45) is 4.34. The van der Waals surface area contributed by atoms with Crippen LogP contribution in [0, 0.1) is 0 Å². The lowest BCUT2D eigenvalue weighted by Gasteiger charge is -2.42. The van der Waals surface area contributed by atoms with Crippen LogP contribution < -0.4 is 14.2 Å². The number of Topliss-reactive ketones (excluding diaryl/α,β-unsaturated/α-hetero) is 2. The van der Waals surface area contributed by atoms with Crippen LogP contribution >= 0.6 is 15.9 Å². The third kappa shape index (κ3) is 6.00. The Morgan fingerprint density at radius 3 is 2.02 bits per heavy atom. The first-order valence-electron chi connectivity index (χ1n) is 15.1. The van der Waals surface area contributed by atoms with E-state index in [-0.39, 0.29) is 11.6 Å². The molecule has 0 saturated carbocycles. The van der Waals surface area contributed by atoms with Gasteiger partial charge in [-0.2, -0.15) is 0 Å². The molecule has 0 radical (unpaired) electrons. The summed E-state index contributed by atoms with van der Waals surface area (Å²) in [5, 5.41) is 0. The molecule has 0 atom stereocenters. The average molecular weight is 643 g/mol. The Bertz CT molecular complexity index is 1570. The first-order chi connectivity index (χ1) is 20.9. The molecule has 43 heavy (non-hydrogen) atoms. The molecule has 0 N–H and O–H groups in total. The Morgan fingerprint density at radius 2 is 1.35 bits per heavy atom. The van der Waals surface area contributed by atoms with Crippen molar-refractivity contribution in [3.63, 3.8) is 0 Å². The fraction of sp³-hybridized carbons (Fsp3) is 0.333. The summed E-state index contributed by atoms with van der Waals surface area (Å²) < 4.78 is 19.4. The van der Waals surface area contributed by atoms with E-state index in [1.54, 1.807) is 0 Å². The lowest BCUT2D eigenvalue weighted by atomic mass is 9.71. The molecule has 0 fully saturated rings. The summed E-state index contributed by atoms with van der Waals surface area (Å²) in [5.74, 6) is 1.83. The van der Waals surface area contributed by atoms with E-state index in [2.05, 4.69) is 20.8 Å². The normalized spacial score (nSPS) is 17.1. The van der Waals surface area contributed by atoms with E-state index in [9.17, 15) is 9.59 Å². The van der Waals surface area contributed by atoms with Crippen molar-refractivity contribution in [3.05, 3.63) is 110 Å². The average Bonchev–Trinajstić information content (AvgIpc) is 3.02. The summed E-state index contributed by atoms with van der Waals surface area (Å²) in [5.41, 5.74) is 6.46. The van der Waals surface area contributed by atoms with Gasteiger partial charge in [-0.05, 0) is 74.1 Å². The minimum absolute atomic E-state index is 0.126. The van der Waals surface area contributed by atoms with Crippen molar-refractivity contribution >= 4 is 27.5 Å². The number of hydrogen-bond donors (Lipinski definition) is 0. The quantitative estimate of drug-likeness (QED) is 0.235. The molecule has 0 saturated heterocycles. The lowest BCUT2D eigenvalue weighted by Crippen LogP contribution is -2.37. The highest BCUT2D eigenvalue weighted by Gasteiger charge is 2.43. The van der Waals surface area contributed by atoms with E-state index in [1.807, 2.05) is 80.7 Å². The van der Waals surface area contributed by atoms with Gasteiger partial charge in [0.15, 0.2) is 23.1 Å². The summed E-state index contributed by atoms with van der Waals surface area (Å²) in [6, 6.07) is 21.8. The molecule has 222 valence electrons. The molecule has 0 amide bonds. The van der Waals surface area contributed by atoms with Crippen molar-refractivity contribution in [2.75, 3.05) is 13.7 Å². The Labute approximate surface area is 261 Å². The van der Waals surface area contributed by atoms with Crippen LogP contribution in [-0.2, 0) is 22.8 Å². The van der Waals surface area contributed by atoms with E-state index < -0.39 is 5.92 Å². The second-order valence-electron chi connectivity index (χ2n) is 11.2. The standard InChI is InChI=1S/C36H36BrNO5/c1-3-41-33-19-24(15-17-32(33)43-21-23-9-5-4-6-10-23)22-42-31-18-16-25(37)20-26(31)34-35-27(11-7-13-29(35)39)38(2)28-12-8-14-30(40)36(28)34/h4-6,9-10,15-20,34H,3,7-8,11-14,21-22H2,1-2H3. The van der Waals surface area contributed by atoms with Gasteiger partial charge in [0.1, 0.15) is 19.0 Å². The molecule has 6 rings (SSSR count). The van der Waals surface area contributed by atoms with E-state index in [4.69, 9.17) is 14.2 Å². The Morgan fingerprint density at radius 1 is 0.721 bits per heavy atom. The third-order valence-electron chi connectivity index (χ3n) is 8.47. The minimum Gasteiger partial charge on any atom is -0.490 e. The lowest BCUT2D eigenvalue weighted by molar-refractivity contribution is -0.117. The first-order valence-corrected chi connectivity index (χ1v) is 15.8. The number of ketones is 2. The van der Waals surface area contributed by atoms with Crippen LogP contribution in [0.15, 0.2) is 93.7 Å². The third-order valence-corrected chi connectivity index (χ3v) is 8.96. The number of ether oxygens (including phenoxy) is 3. The van der Waals surface area contributed by atoms with Crippen LogP contribution in [0.4, 0.5) is 0 Å². The summed E-state index contributed by atoms with van der Waals surface area (Å²) in [7, 11) is 2.01. The maximum Gasteiger partial charge on any atom is 0.161 e. The number of allylic oxidation sites excluding steroid dienone is 4. The van der Waals surface area contributed by atoms with Crippen LogP contribution in [0.1, 0.15) is 68.1 Å². The van der Waals surface area contributed by atoms with Crippen LogP contribution in [0.3, 0.4) is 0 Å². The summed E-state index contributed by atoms with van der Waals surface area (Å²) >= 11 is 3.65. The second-order valence-corrected chi connectivity index (χ2v) is 12.1. The van der Waals surface area contributed by atoms with Gasteiger partial charge in [-0.1, -0.05) is 52.3 Å². The van der Waals surface area contributed by atoms with Crippen molar-refractivity contribution in [2.45, 2.75) is 64.6 Å². The number of hydrogen-bond acceptors (Lipinski definition) is 6. The van der Waals surface area contributed by atoms with Crippen LogP contribution in [0.5, 0.6) is 17.2 Å². The number of carbonyl (C=O) groups is 2. The predicted molar refractivity (Wildman–Crippen MR) is 169 cm³/mol. The van der Waals surface area contributed by atoms with Gasteiger partial charge in [0.25, 0.3) is 0 Å². The molecule has 7 heteroatoms. The molecule has 1 heterocycles. The molecule has 3 aliphatic rings. The van der Waals surface area contributed by atoms with E-state index in [0.29, 0.717) is 49.9 Å². The van der Waals surface area contributed by atoms with Gasteiger partial charge < -0.3 is 19.1 Å². The maximum atomic E-state index is 13.5. The molecule has 6 nitrogen and oxygen atoms in total. The zero-order chi connectivity index (χ0) is 29.9. The number of rotatable bonds is 9. The molecule has 2 aliphatic carbocycles. The molecule has 3 aromatic carbocycles. The largest absolute Gasteiger partial charge is 0.490 e. The Hall–Kier alpha value is -3.84. The van der Waals surface area contributed by atoms with Crippen molar-refractivity contribution in [2.24, 2.45) is 0 Å². The molecule has 0 aromatic heterocycles. The minimum atomic E-state index is -0.429. The molecule has 0 unspecified atom stereocenters.